The first-order valence-electron chi connectivity index (χ1n) is 8.67. The topological polar surface area (TPSA) is 72.8 Å². The van der Waals surface area contributed by atoms with Gasteiger partial charge in [-0.2, -0.15) is 0 Å². The van der Waals surface area contributed by atoms with Gasteiger partial charge in [-0.15, -0.1) is 0 Å². The number of phenolic OH excluding ortho intramolecular Hbond substituents is 1. The number of hydrogen-bond donors (Lipinski definition) is 3. The number of benzene rings is 2. The first-order chi connectivity index (χ1) is 12.2. The lowest BCUT2D eigenvalue weighted by Gasteiger charge is -2.31. The van der Waals surface area contributed by atoms with Gasteiger partial charge in [-0.1, -0.05) is 18.2 Å². The molecule has 1 heterocycles. The van der Waals surface area contributed by atoms with E-state index in [2.05, 4.69) is 5.32 Å². The molecule has 3 N–H and O–H groups in total. The molecule has 2 aromatic rings. The summed E-state index contributed by atoms with van der Waals surface area (Å²) in [5.74, 6) is 0.603. The number of nitrogens with one attached hydrogen (secondary N) is 1. The molecule has 25 heavy (non-hydrogen) atoms. The molecule has 1 fully saturated rings. The minimum atomic E-state index is 0.0393. The van der Waals surface area contributed by atoms with Crippen LogP contribution in [0.1, 0.15) is 28.8 Å². The summed E-state index contributed by atoms with van der Waals surface area (Å²) in [6.45, 7) is 2.18. The molecule has 1 aliphatic heterocycles. The van der Waals surface area contributed by atoms with Gasteiger partial charge in [0.05, 0.1) is 0 Å². The summed E-state index contributed by atoms with van der Waals surface area (Å²) in [6.07, 6.45) is 1.72. The zero-order chi connectivity index (χ0) is 17.6. The molecule has 0 aromatic heterocycles. The first kappa shape index (κ1) is 17.3. The second kappa shape index (κ2) is 8.03. The molecule has 0 spiro atoms. The molecule has 3 rings (SSSR count). The number of nitrogens with zero attached hydrogens (tertiary/aromatic N) is 1. The first-order valence-corrected chi connectivity index (χ1v) is 8.67. The van der Waals surface area contributed by atoms with Crippen molar-refractivity contribution in [1.82, 2.24) is 4.90 Å². The number of aliphatic hydroxyl groups is 1. The van der Waals surface area contributed by atoms with Gasteiger partial charge in [0.15, 0.2) is 0 Å². The van der Waals surface area contributed by atoms with Crippen molar-refractivity contribution < 1.29 is 15.0 Å². The number of anilines is 1. The molecule has 0 radical (unpaired) electrons. The fourth-order valence-corrected chi connectivity index (χ4v) is 3.13. The summed E-state index contributed by atoms with van der Waals surface area (Å²) in [4.78, 5) is 14.5. The van der Waals surface area contributed by atoms with Gasteiger partial charge < -0.3 is 20.4 Å². The van der Waals surface area contributed by atoms with Crippen LogP contribution in [0.15, 0.2) is 48.5 Å². The Labute approximate surface area is 147 Å². The van der Waals surface area contributed by atoms with E-state index in [-0.39, 0.29) is 18.3 Å². The largest absolute Gasteiger partial charge is 0.508 e. The highest BCUT2D eigenvalue weighted by Crippen LogP contribution is 2.20. The van der Waals surface area contributed by atoms with E-state index in [1.807, 2.05) is 41.3 Å². The van der Waals surface area contributed by atoms with E-state index in [1.165, 1.54) is 0 Å². The van der Waals surface area contributed by atoms with E-state index in [9.17, 15) is 15.0 Å². The summed E-state index contributed by atoms with van der Waals surface area (Å²) in [5, 5.41) is 22.0. The standard InChI is InChI=1S/C20H24N2O3/c23-14-15-7-9-22(10-8-15)20(25)17-4-2-5-18(12-17)21-13-16-3-1-6-19(24)11-16/h1-6,11-12,15,21,23-24H,7-10,13-14H2. The van der Waals surface area contributed by atoms with E-state index < -0.39 is 0 Å². The van der Waals surface area contributed by atoms with Gasteiger partial charge >= 0.3 is 0 Å². The highest BCUT2D eigenvalue weighted by molar-refractivity contribution is 5.95. The Balaban J connectivity index is 1.62. The van der Waals surface area contributed by atoms with Gasteiger partial charge in [0, 0.05) is 37.5 Å². The van der Waals surface area contributed by atoms with E-state index in [4.69, 9.17) is 0 Å². The van der Waals surface area contributed by atoms with Gasteiger partial charge in [-0.05, 0) is 54.7 Å². The number of piperidine rings is 1. The number of phenols is 1. The Morgan fingerprint density at radius 2 is 1.88 bits per heavy atom. The van der Waals surface area contributed by atoms with Crippen LogP contribution < -0.4 is 5.32 Å². The summed E-state index contributed by atoms with van der Waals surface area (Å²) >= 11 is 0. The third kappa shape index (κ3) is 4.51. The monoisotopic (exact) mass is 340 g/mol. The predicted octanol–water partition coefficient (Wildman–Crippen LogP) is 2.85. The van der Waals surface area contributed by atoms with Gasteiger partial charge in [0.2, 0.25) is 0 Å². The molecule has 132 valence electrons. The van der Waals surface area contributed by atoms with Crippen molar-refractivity contribution in [2.45, 2.75) is 19.4 Å². The van der Waals surface area contributed by atoms with Crippen LogP contribution in [-0.4, -0.2) is 40.7 Å². The summed E-state index contributed by atoms with van der Waals surface area (Å²) in [7, 11) is 0. The second-order valence-electron chi connectivity index (χ2n) is 6.52. The molecule has 0 aliphatic carbocycles. The fraction of sp³-hybridized carbons (Fsp3) is 0.350. The maximum Gasteiger partial charge on any atom is 0.253 e. The number of likely N-dealkylation sites (tertiary alicyclic amines) is 1. The summed E-state index contributed by atoms with van der Waals surface area (Å²) in [6, 6.07) is 14.6. The summed E-state index contributed by atoms with van der Waals surface area (Å²) < 4.78 is 0. The minimum Gasteiger partial charge on any atom is -0.508 e. The Hall–Kier alpha value is -2.53. The Kier molecular flexibility index (Phi) is 5.56. The predicted molar refractivity (Wildman–Crippen MR) is 97.6 cm³/mol. The van der Waals surface area contributed by atoms with Crippen LogP contribution in [0.4, 0.5) is 5.69 Å². The third-order valence-electron chi connectivity index (χ3n) is 4.68. The van der Waals surface area contributed by atoms with Gasteiger partial charge in [0.25, 0.3) is 5.91 Å². The molecule has 0 atom stereocenters. The summed E-state index contributed by atoms with van der Waals surface area (Å²) in [5.41, 5.74) is 2.52. The Bertz CT molecular complexity index is 724. The average molecular weight is 340 g/mol. The Morgan fingerprint density at radius 1 is 1.12 bits per heavy atom. The van der Waals surface area contributed by atoms with Crippen LogP contribution in [0.25, 0.3) is 0 Å². The van der Waals surface area contributed by atoms with Crippen LogP contribution in [-0.2, 0) is 6.54 Å². The van der Waals surface area contributed by atoms with Crippen molar-refractivity contribution in [3.8, 4) is 5.75 Å². The lowest BCUT2D eigenvalue weighted by Crippen LogP contribution is -2.39. The Morgan fingerprint density at radius 3 is 2.60 bits per heavy atom. The van der Waals surface area contributed by atoms with Crippen LogP contribution in [0.2, 0.25) is 0 Å². The number of aliphatic hydroxyl groups excluding tert-OH is 1. The highest BCUT2D eigenvalue weighted by Gasteiger charge is 2.23. The molecule has 0 unspecified atom stereocenters. The molecule has 5 heteroatoms. The van der Waals surface area contributed by atoms with Crippen molar-refractivity contribution >= 4 is 11.6 Å². The molecule has 1 amide bonds. The van der Waals surface area contributed by atoms with Gasteiger partial charge in [-0.25, -0.2) is 0 Å². The molecule has 1 aliphatic rings. The maximum atomic E-state index is 12.7. The third-order valence-corrected chi connectivity index (χ3v) is 4.68. The molecule has 0 saturated carbocycles. The number of carbonyl (C=O) groups excluding carboxylic acids is 1. The van der Waals surface area contributed by atoms with Crippen molar-refractivity contribution in [3.63, 3.8) is 0 Å². The van der Waals surface area contributed by atoms with Gasteiger partial charge in [0.1, 0.15) is 5.75 Å². The normalized spacial score (nSPS) is 15.2. The quantitative estimate of drug-likeness (QED) is 0.783. The van der Waals surface area contributed by atoms with Crippen molar-refractivity contribution in [1.29, 1.82) is 0 Å². The van der Waals surface area contributed by atoms with Crippen molar-refractivity contribution in [2.24, 2.45) is 5.92 Å². The lowest BCUT2D eigenvalue weighted by atomic mass is 9.97. The molecule has 5 nitrogen and oxygen atoms in total. The molecular formula is C20H24N2O3. The average Bonchev–Trinajstić information content (AvgIpc) is 2.66. The number of amides is 1. The zero-order valence-corrected chi connectivity index (χ0v) is 14.2. The molecular weight excluding hydrogens is 316 g/mol. The molecule has 1 saturated heterocycles. The van der Waals surface area contributed by atoms with Crippen LogP contribution >= 0.6 is 0 Å². The number of carbonyl (C=O) groups is 1. The van der Waals surface area contributed by atoms with Crippen molar-refractivity contribution in [2.75, 3.05) is 25.0 Å². The smallest absolute Gasteiger partial charge is 0.253 e. The number of aromatic hydroxyl groups is 1. The number of hydrogen-bond acceptors (Lipinski definition) is 4. The molecule has 0 bridgehead atoms. The van der Waals surface area contributed by atoms with E-state index >= 15 is 0 Å². The minimum absolute atomic E-state index is 0.0393. The fourth-order valence-electron chi connectivity index (χ4n) is 3.13. The number of rotatable bonds is 5. The van der Waals surface area contributed by atoms with E-state index in [0.717, 1.165) is 24.1 Å². The van der Waals surface area contributed by atoms with Crippen LogP contribution in [0, 0.1) is 5.92 Å². The zero-order valence-electron chi connectivity index (χ0n) is 14.2. The maximum absolute atomic E-state index is 12.7. The van der Waals surface area contributed by atoms with E-state index in [0.29, 0.717) is 31.1 Å². The van der Waals surface area contributed by atoms with Crippen molar-refractivity contribution in [3.05, 3.63) is 59.7 Å². The van der Waals surface area contributed by atoms with E-state index in [1.54, 1.807) is 12.1 Å². The van der Waals surface area contributed by atoms with Crippen LogP contribution in [0.3, 0.4) is 0 Å². The second-order valence-corrected chi connectivity index (χ2v) is 6.52. The highest BCUT2D eigenvalue weighted by atomic mass is 16.3. The SMILES string of the molecule is O=C(c1cccc(NCc2cccc(O)c2)c1)N1CCC(CO)CC1. The lowest BCUT2D eigenvalue weighted by molar-refractivity contribution is 0.0651. The molecule has 2 aromatic carbocycles. The van der Waals surface area contributed by atoms with Gasteiger partial charge in [-0.3, -0.25) is 4.79 Å². The van der Waals surface area contributed by atoms with Crippen LogP contribution in [0.5, 0.6) is 5.75 Å².